The maximum Gasteiger partial charge on any atom is 0.417 e. The molecular weight excluding hydrogens is 351 g/mol. The Balaban J connectivity index is 2.12. The minimum absolute atomic E-state index is 0.203. The van der Waals surface area contributed by atoms with Crippen molar-refractivity contribution in [2.45, 2.75) is 18.7 Å². The summed E-state index contributed by atoms with van der Waals surface area (Å²) in [5, 5.41) is 21.2. The Morgan fingerprint density at radius 2 is 1.96 bits per heavy atom. The number of ether oxygens (including phenoxy) is 1. The molecule has 1 atom stereocenters. The van der Waals surface area contributed by atoms with Gasteiger partial charge in [0.05, 0.1) is 17.2 Å². The molecule has 0 bridgehead atoms. The number of carbonyl (C=O) groups excluding carboxylic acids is 1. The zero-order chi connectivity index (χ0) is 19.4. The average molecular weight is 365 g/mol. The number of nitrogens with one attached hydrogen (secondary N) is 1. The summed E-state index contributed by atoms with van der Waals surface area (Å²) in [6.07, 6.45) is -1.84. The quantitative estimate of drug-likeness (QED) is 0.850. The fourth-order valence-electron chi connectivity index (χ4n) is 1.94. The number of anilines is 1. The van der Waals surface area contributed by atoms with Gasteiger partial charge in [0, 0.05) is 18.1 Å². The number of rotatable bonds is 5. The number of nitrogens with zero attached hydrogens (tertiary/aromatic N) is 2. The summed E-state index contributed by atoms with van der Waals surface area (Å²) < 4.78 is 44.1. The van der Waals surface area contributed by atoms with Crippen LogP contribution < -0.4 is 10.1 Å². The third-order valence-electron chi connectivity index (χ3n) is 3.36. The lowest BCUT2D eigenvalue weighted by atomic mass is 10.1. The Bertz CT molecular complexity index is 831. The summed E-state index contributed by atoms with van der Waals surface area (Å²) >= 11 is 0. The van der Waals surface area contributed by atoms with Crippen LogP contribution in [0.25, 0.3) is 0 Å². The normalized spacial score (nSPS) is 13.4. The fourth-order valence-corrected chi connectivity index (χ4v) is 1.94. The Labute approximate surface area is 146 Å². The number of nitriles is 1. The largest absolute Gasteiger partial charge is 0.490 e. The second kappa shape index (κ2) is 7.41. The van der Waals surface area contributed by atoms with Crippen molar-refractivity contribution in [1.82, 2.24) is 4.98 Å². The van der Waals surface area contributed by atoms with E-state index in [9.17, 15) is 23.1 Å². The van der Waals surface area contributed by atoms with E-state index in [-0.39, 0.29) is 5.69 Å². The number of aliphatic hydroxyl groups is 1. The second-order valence-electron chi connectivity index (χ2n) is 5.57. The maximum absolute atomic E-state index is 13.0. The maximum atomic E-state index is 13.0. The lowest BCUT2D eigenvalue weighted by molar-refractivity contribution is -0.138. The molecule has 2 aromatic rings. The van der Waals surface area contributed by atoms with Crippen LogP contribution >= 0.6 is 0 Å². The van der Waals surface area contributed by atoms with E-state index >= 15 is 0 Å². The zero-order valence-electron chi connectivity index (χ0n) is 13.5. The molecule has 2 rings (SSSR count). The second-order valence-corrected chi connectivity index (χ2v) is 5.57. The molecule has 9 heteroatoms. The van der Waals surface area contributed by atoms with Crippen molar-refractivity contribution in [1.29, 1.82) is 5.26 Å². The van der Waals surface area contributed by atoms with Gasteiger partial charge in [0.1, 0.15) is 12.4 Å². The molecule has 0 aliphatic rings. The molecule has 0 saturated heterocycles. The minimum Gasteiger partial charge on any atom is -0.490 e. The summed E-state index contributed by atoms with van der Waals surface area (Å²) in [7, 11) is 0. The predicted octanol–water partition coefficient (Wildman–Crippen LogP) is 2.74. The smallest absolute Gasteiger partial charge is 0.417 e. The van der Waals surface area contributed by atoms with E-state index in [0.29, 0.717) is 11.8 Å². The fraction of sp³-hybridized carbons (Fsp3) is 0.235. The third-order valence-corrected chi connectivity index (χ3v) is 3.36. The van der Waals surface area contributed by atoms with Gasteiger partial charge in [-0.15, -0.1) is 0 Å². The van der Waals surface area contributed by atoms with Crippen LogP contribution in [0.1, 0.15) is 18.1 Å². The molecule has 1 aromatic carbocycles. The van der Waals surface area contributed by atoms with Crippen LogP contribution in [0.3, 0.4) is 0 Å². The van der Waals surface area contributed by atoms with Gasteiger partial charge in [-0.05, 0) is 37.3 Å². The first-order chi connectivity index (χ1) is 12.1. The number of aromatic nitrogens is 1. The lowest BCUT2D eigenvalue weighted by Gasteiger charge is -2.23. The van der Waals surface area contributed by atoms with Crippen molar-refractivity contribution >= 4 is 11.6 Å². The van der Waals surface area contributed by atoms with Crippen LogP contribution in [0.4, 0.5) is 18.9 Å². The van der Waals surface area contributed by atoms with Crippen LogP contribution in [-0.4, -0.2) is 28.2 Å². The van der Waals surface area contributed by atoms with Crippen molar-refractivity contribution in [3.05, 3.63) is 53.9 Å². The van der Waals surface area contributed by atoms with Gasteiger partial charge in [0.25, 0.3) is 5.91 Å². The van der Waals surface area contributed by atoms with Gasteiger partial charge in [-0.25, -0.2) is 0 Å². The summed E-state index contributed by atoms with van der Waals surface area (Å²) in [5.41, 5.74) is -3.95. The monoisotopic (exact) mass is 365 g/mol. The standard InChI is InChI=1S/C17H14F3N3O3/c1-16(25,10-26-13-4-6-22-7-5-13)15(24)23-12-3-2-11(9-21)14(8-12)17(18,19)20/h2-8,25H,10H2,1H3,(H,23,24)/t16-/m0/s1. The van der Waals surface area contributed by atoms with Crippen LogP contribution in [0.15, 0.2) is 42.7 Å². The summed E-state index contributed by atoms with van der Waals surface area (Å²) in [6.45, 7) is 0.739. The van der Waals surface area contributed by atoms with Crippen LogP contribution in [0.5, 0.6) is 5.75 Å². The predicted molar refractivity (Wildman–Crippen MR) is 85.1 cm³/mol. The van der Waals surface area contributed by atoms with E-state index in [0.717, 1.165) is 19.1 Å². The van der Waals surface area contributed by atoms with Gasteiger partial charge in [-0.2, -0.15) is 18.4 Å². The highest BCUT2D eigenvalue weighted by atomic mass is 19.4. The van der Waals surface area contributed by atoms with E-state index < -0.39 is 35.4 Å². The number of hydrogen-bond acceptors (Lipinski definition) is 5. The van der Waals surface area contributed by atoms with Gasteiger partial charge < -0.3 is 15.2 Å². The molecule has 1 amide bonds. The molecule has 2 N–H and O–H groups in total. The number of alkyl halides is 3. The Morgan fingerprint density at radius 3 is 2.54 bits per heavy atom. The molecule has 1 heterocycles. The lowest BCUT2D eigenvalue weighted by Crippen LogP contribution is -2.45. The molecule has 6 nitrogen and oxygen atoms in total. The van der Waals surface area contributed by atoms with Crippen molar-refractivity contribution in [3.8, 4) is 11.8 Å². The molecule has 0 spiro atoms. The molecular formula is C17H14F3N3O3. The SMILES string of the molecule is C[C@](O)(COc1ccncc1)C(=O)Nc1ccc(C#N)c(C(F)(F)F)c1. The van der Waals surface area contributed by atoms with Crippen LogP contribution in [0.2, 0.25) is 0 Å². The molecule has 0 saturated carbocycles. The van der Waals surface area contributed by atoms with Crippen molar-refractivity contribution in [3.63, 3.8) is 0 Å². The third kappa shape index (κ3) is 4.70. The van der Waals surface area contributed by atoms with E-state index in [2.05, 4.69) is 10.3 Å². The first kappa shape index (κ1) is 19.2. The average Bonchev–Trinajstić information content (AvgIpc) is 2.60. The molecule has 0 aliphatic heterocycles. The first-order valence-electron chi connectivity index (χ1n) is 7.31. The van der Waals surface area contributed by atoms with Gasteiger partial charge in [-0.1, -0.05) is 0 Å². The van der Waals surface area contributed by atoms with Crippen LogP contribution in [0, 0.1) is 11.3 Å². The van der Waals surface area contributed by atoms with Gasteiger partial charge in [-0.3, -0.25) is 9.78 Å². The number of halogens is 3. The highest BCUT2D eigenvalue weighted by Crippen LogP contribution is 2.33. The number of hydrogen-bond donors (Lipinski definition) is 2. The molecule has 0 aliphatic carbocycles. The van der Waals surface area contributed by atoms with Crippen LogP contribution in [-0.2, 0) is 11.0 Å². The number of carbonyl (C=O) groups is 1. The molecule has 0 unspecified atom stereocenters. The van der Waals surface area contributed by atoms with E-state index in [1.807, 2.05) is 0 Å². The Kier molecular flexibility index (Phi) is 5.47. The van der Waals surface area contributed by atoms with Crippen molar-refractivity contribution in [2.75, 3.05) is 11.9 Å². The van der Waals surface area contributed by atoms with E-state index in [1.165, 1.54) is 30.6 Å². The molecule has 0 fully saturated rings. The number of benzene rings is 1. The number of pyridine rings is 1. The van der Waals surface area contributed by atoms with E-state index in [4.69, 9.17) is 10.00 Å². The first-order valence-corrected chi connectivity index (χ1v) is 7.31. The van der Waals surface area contributed by atoms with E-state index in [1.54, 1.807) is 0 Å². The van der Waals surface area contributed by atoms with Gasteiger partial charge in [0.15, 0.2) is 5.60 Å². The highest BCUT2D eigenvalue weighted by Gasteiger charge is 2.35. The van der Waals surface area contributed by atoms with Crippen molar-refractivity contribution in [2.24, 2.45) is 0 Å². The molecule has 0 radical (unpaired) electrons. The Morgan fingerprint density at radius 1 is 1.31 bits per heavy atom. The Hall–Kier alpha value is -3.12. The number of amides is 1. The summed E-state index contributed by atoms with van der Waals surface area (Å²) in [4.78, 5) is 16.0. The summed E-state index contributed by atoms with van der Waals surface area (Å²) in [6, 6.07) is 7.20. The molecule has 1 aromatic heterocycles. The van der Waals surface area contributed by atoms with Gasteiger partial charge in [0.2, 0.25) is 0 Å². The minimum atomic E-state index is -4.75. The topological polar surface area (TPSA) is 95.2 Å². The van der Waals surface area contributed by atoms with Gasteiger partial charge >= 0.3 is 6.18 Å². The molecule has 26 heavy (non-hydrogen) atoms. The highest BCUT2D eigenvalue weighted by molar-refractivity contribution is 5.97. The summed E-state index contributed by atoms with van der Waals surface area (Å²) in [5.74, 6) is -0.588. The van der Waals surface area contributed by atoms with Crippen molar-refractivity contribution < 1.29 is 27.8 Å². The molecule has 136 valence electrons. The zero-order valence-corrected chi connectivity index (χ0v) is 13.5.